The monoisotopic (exact) mass is 358 g/mol. The molecule has 0 aliphatic carbocycles. The van der Waals surface area contributed by atoms with Gasteiger partial charge in [-0.15, -0.1) is 0 Å². The number of hydrogen-bond donors (Lipinski definition) is 0. The molecule has 0 radical (unpaired) electrons. The van der Waals surface area contributed by atoms with Crippen LogP contribution in [0.2, 0.25) is 5.15 Å². The van der Waals surface area contributed by atoms with Gasteiger partial charge in [-0.1, -0.05) is 23.7 Å². The average Bonchev–Trinajstić information content (AvgIpc) is 2.91. The molecule has 1 aromatic carbocycles. The normalized spacial score (nSPS) is 11.6. The number of carbonyl (C=O) groups excluding carboxylic acids is 1. The molecule has 0 N–H and O–H groups in total. The Hall–Kier alpha value is -2.53. The summed E-state index contributed by atoms with van der Waals surface area (Å²) < 4.78 is 12.4. The van der Waals surface area contributed by atoms with Crippen molar-refractivity contribution < 1.29 is 14.3 Å². The quantitative estimate of drug-likeness (QED) is 0.594. The number of pyridine rings is 1. The van der Waals surface area contributed by atoms with E-state index >= 15 is 0 Å². The second kappa shape index (κ2) is 6.41. The van der Waals surface area contributed by atoms with Crippen molar-refractivity contribution in [2.45, 2.75) is 26.4 Å². The molecule has 0 unspecified atom stereocenters. The van der Waals surface area contributed by atoms with Gasteiger partial charge in [-0.3, -0.25) is 0 Å². The van der Waals surface area contributed by atoms with E-state index < -0.39 is 11.7 Å². The molecule has 130 valence electrons. The zero-order valence-electron chi connectivity index (χ0n) is 14.5. The van der Waals surface area contributed by atoms with Crippen molar-refractivity contribution in [2.24, 2.45) is 0 Å². The molecular formula is C19H19ClN2O3. The van der Waals surface area contributed by atoms with Gasteiger partial charge in [0.2, 0.25) is 0 Å². The Morgan fingerprint density at radius 2 is 1.88 bits per heavy atom. The van der Waals surface area contributed by atoms with Crippen molar-refractivity contribution in [1.29, 1.82) is 0 Å². The first kappa shape index (κ1) is 17.3. The van der Waals surface area contributed by atoms with Crippen LogP contribution in [0.1, 0.15) is 20.8 Å². The maximum absolute atomic E-state index is 12.9. The number of halogens is 1. The topological polar surface area (TPSA) is 53.4 Å². The van der Waals surface area contributed by atoms with Crippen molar-refractivity contribution >= 4 is 28.7 Å². The van der Waals surface area contributed by atoms with E-state index in [9.17, 15) is 4.79 Å². The molecule has 0 aliphatic rings. The van der Waals surface area contributed by atoms with Gasteiger partial charge in [-0.05, 0) is 51.1 Å². The molecule has 3 rings (SSSR count). The van der Waals surface area contributed by atoms with Crippen molar-refractivity contribution in [3.8, 4) is 17.0 Å². The average molecular weight is 359 g/mol. The predicted octanol–water partition coefficient (Wildman–Crippen LogP) is 5.15. The van der Waals surface area contributed by atoms with Gasteiger partial charge < -0.3 is 9.47 Å². The first-order valence-corrected chi connectivity index (χ1v) is 8.23. The smallest absolute Gasteiger partial charge is 0.420 e. The Morgan fingerprint density at radius 3 is 2.56 bits per heavy atom. The first-order chi connectivity index (χ1) is 11.8. The zero-order chi connectivity index (χ0) is 18.2. The van der Waals surface area contributed by atoms with Crippen LogP contribution >= 0.6 is 11.6 Å². The van der Waals surface area contributed by atoms with Gasteiger partial charge >= 0.3 is 6.09 Å². The summed E-state index contributed by atoms with van der Waals surface area (Å²) in [5, 5.41) is 1.10. The molecule has 0 spiro atoms. The lowest BCUT2D eigenvalue weighted by atomic mass is 10.1. The highest BCUT2D eigenvalue weighted by molar-refractivity contribution is 6.29. The van der Waals surface area contributed by atoms with Crippen LogP contribution in [0, 0.1) is 0 Å². The van der Waals surface area contributed by atoms with E-state index in [1.54, 1.807) is 13.2 Å². The summed E-state index contributed by atoms with van der Waals surface area (Å²) in [6, 6.07) is 12.9. The largest absolute Gasteiger partial charge is 0.496 e. The van der Waals surface area contributed by atoms with Crippen molar-refractivity contribution in [1.82, 2.24) is 9.55 Å². The fraction of sp³-hybridized carbons (Fsp3) is 0.263. The van der Waals surface area contributed by atoms with Crippen molar-refractivity contribution in [3.63, 3.8) is 0 Å². The van der Waals surface area contributed by atoms with Crippen LogP contribution in [-0.2, 0) is 4.74 Å². The van der Waals surface area contributed by atoms with Gasteiger partial charge in [-0.2, -0.15) is 0 Å². The lowest BCUT2D eigenvalue weighted by molar-refractivity contribution is 0.0546. The number of rotatable bonds is 2. The minimum absolute atomic E-state index is 0.307. The Morgan fingerprint density at radius 1 is 1.16 bits per heavy atom. The van der Waals surface area contributed by atoms with Crippen LogP contribution in [0.25, 0.3) is 22.3 Å². The van der Waals surface area contributed by atoms with E-state index in [1.807, 2.05) is 57.2 Å². The molecule has 0 atom stereocenters. The van der Waals surface area contributed by atoms with Crippen LogP contribution < -0.4 is 4.74 Å². The molecule has 0 saturated heterocycles. The Bertz CT molecular complexity index is 941. The van der Waals surface area contributed by atoms with Crippen LogP contribution in [0.15, 0.2) is 42.5 Å². The summed E-state index contributed by atoms with van der Waals surface area (Å²) in [6.07, 6.45) is -0.516. The molecule has 0 fully saturated rings. The molecule has 6 heteroatoms. The third-order valence-corrected chi connectivity index (χ3v) is 3.79. The van der Waals surface area contributed by atoms with E-state index in [0.717, 1.165) is 10.9 Å². The third-order valence-electron chi connectivity index (χ3n) is 3.58. The van der Waals surface area contributed by atoms with E-state index in [4.69, 9.17) is 21.1 Å². The number of para-hydroxylation sites is 1. The molecule has 0 saturated carbocycles. The Kier molecular flexibility index (Phi) is 4.43. The Balaban J connectivity index is 2.28. The summed E-state index contributed by atoms with van der Waals surface area (Å²) >= 11 is 6.04. The summed E-state index contributed by atoms with van der Waals surface area (Å²) in [7, 11) is 1.59. The fourth-order valence-corrected chi connectivity index (χ4v) is 2.74. The van der Waals surface area contributed by atoms with Crippen LogP contribution in [0.5, 0.6) is 5.75 Å². The Labute approximate surface area is 151 Å². The highest BCUT2D eigenvalue weighted by Gasteiger charge is 2.24. The highest BCUT2D eigenvalue weighted by Crippen LogP contribution is 2.34. The standard InChI is InChI=1S/C19H19ClN2O3/c1-19(2,3)25-18(23)22-14(13-7-5-6-8-15(13)24-4)11-12-9-10-16(20)21-17(12)22/h5-11H,1-4H3. The van der Waals surface area contributed by atoms with E-state index in [1.165, 1.54) is 4.57 Å². The van der Waals surface area contributed by atoms with E-state index in [2.05, 4.69) is 4.98 Å². The van der Waals surface area contributed by atoms with Crippen LogP contribution in [0.3, 0.4) is 0 Å². The van der Waals surface area contributed by atoms with Crippen LogP contribution in [-0.4, -0.2) is 28.4 Å². The number of aromatic nitrogens is 2. The number of hydrogen-bond acceptors (Lipinski definition) is 4. The summed E-state index contributed by atoms with van der Waals surface area (Å²) in [6.45, 7) is 5.46. The van der Waals surface area contributed by atoms with Gasteiger partial charge in [-0.25, -0.2) is 14.3 Å². The zero-order valence-corrected chi connectivity index (χ0v) is 15.3. The fourth-order valence-electron chi connectivity index (χ4n) is 2.60. The van der Waals surface area contributed by atoms with Crippen LogP contribution in [0.4, 0.5) is 4.79 Å². The summed E-state index contributed by atoms with van der Waals surface area (Å²) in [5.74, 6) is 0.654. The predicted molar refractivity (Wildman–Crippen MR) is 98.4 cm³/mol. The molecule has 0 amide bonds. The van der Waals surface area contributed by atoms with Gasteiger partial charge in [0.1, 0.15) is 16.5 Å². The summed E-state index contributed by atoms with van der Waals surface area (Å²) in [4.78, 5) is 17.2. The second-order valence-corrected chi connectivity index (χ2v) is 6.98. The minimum Gasteiger partial charge on any atom is -0.496 e. The number of nitrogens with zero attached hydrogens (tertiary/aromatic N) is 2. The van der Waals surface area contributed by atoms with E-state index in [-0.39, 0.29) is 0 Å². The molecule has 0 bridgehead atoms. The molecule has 0 aliphatic heterocycles. The first-order valence-electron chi connectivity index (χ1n) is 7.85. The van der Waals surface area contributed by atoms with Gasteiger partial charge in [0.25, 0.3) is 0 Å². The third kappa shape index (κ3) is 3.46. The maximum Gasteiger partial charge on any atom is 0.420 e. The van der Waals surface area contributed by atoms with Crippen molar-refractivity contribution in [3.05, 3.63) is 47.6 Å². The number of carbonyl (C=O) groups is 1. The molecule has 2 heterocycles. The maximum atomic E-state index is 12.9. The summed E-state index contributed by atoms with van der Waals surface area (Å²) in [5.41, 5.74) is 1.22. The lowest BCUT2D eigenvalue weighted by Crippen LogP contribution is -2.27. The van der Waals surface area contributed by atoms with Gasteiger partial charge in [0.15, 0.2) is 5.65 Å². The molecule has 3 aromatic rings. The minimum atomic E-state index is -0.635. The van der Waals surface area contributed by atoms with E-state index in [0.29, 0.717) is 22.2 Å². The second-order valence-electron chi connectivity index (χ2n) is 6.59. The van der Waals surface area contributed by atoms with Gasteiger partial charge in [0, 0.05) is 10.9 Å². The molecule has 5 nitrogen and oxygen atoms in total. The number of benzene rings is 1. The highest BCUT2D eigenvalue weighted by atomic mass is 35.5. The van der Waals surface area contributed by atoms with Crippen molar-refractivity contribution in [2.75, 3.05) is 7.11 Å². The molecule has 2 aromatic heterocycles. The lowest BCUT2D eigenvalue weighted by Gasteiger charge is -2.21. The van der Waals surface area contributed by atoms with Gasteiger partial charge in [0.05, 0.1) is 12.8 Å². The molecular weight excluding hydrogens is 340 g/mol. The molecule has 25 heavy (non-hydrogen) atoms. The number of fused-ring (bicyclic) bond motifs is 1. The SMILES string of the molecule is COc1ccccc1-c1cc2ccc(Cl)nc2n1C(=O)OC(C)(C)C. The number of methoxy groups -OCH3 is 1. The number of ether oxygens (including phenoxy) is 2.